The summed E-state index contributed by atoms with van der Waals surface area (Å²) in [4.78, 5) is 19.8. The number of piperidine rings is 1. The standard InChI is InChI=1S/C20H28N6O/c21-19(24-22)9-11-25-13-23-16-12-15(7-8-18(16)25)20(27)26-10-3-5-14-4-1-2-6-17(14)26/h7-8,12-14,17H,1-6,9-11,22H2,(H2,21,24). The highest BCUT2D eigenvalue weighted by Crippen LogP contribution is 2.36. The van der Waals surface area contributed by atoms with Crippen LogP contribution in [0.25, 0.3) is 11.0 Å². The minimum Gasteiger partial charge on any atom is -0.386 e. The first-order valence-corrected chi connectivity index (χ1v) is 9.95. The number of rotatable bonds is 4. The van der Waals surface area contributed by atoms with Crippen molar-refractivity contribution < 1.29 is 4.79 Å². The number of carbonyl (C=O) groups is 1. The molecule has 7 heteroatoms. The molecular formula is C20H28N6O. The van der Waals surface area contributed by atoms with Crippen molar-refractivity contribution in [2.75, 3.05) is 6.54 Å². The lowest BCUT2D eigenvalue weighted by atomic mass is 9.78. The van der Waals surface area contributed by atoms with Crippen molar-refractivity contribution in [2.45, 2.75) is 57.5 Å². The smallest absolute Gasteiger partial charge is 0.254 e. The molecule has 0 bridgehead atoms. The molecule has 144 valence electrons. The number of carbonyl (C=O) groups excluding carboxylic acids is 1. The van der Waals surface area contributed by atoms with E-state index in [9.17, 15) is 4.79 Å². The van der Waals surface area contributed by atoms with E-state index in [0.717, 1.165) is 36.0 Å². The average molecular weight is 368 g/mol. The van der Waals surface area contributed by atoms with Gasteiger partial charge in [0, 0.05) is 31.1 Å². The summed E-state index contributed by atoms with van der Waals surface area (Å²) in [5.41, 5.74) is 8.24. The van der Waals surface area contributed by atoms with Crippen LogP contribution < -0.4 is 11.6 Å². The molecule has 2 atom stereocenters. The molecule has 1 saturated carbocycles. The molecule has 7 nitrogen and oxygen atoms in total. The fraction of sp³-hybridized carbons (Fsp3) is 0.550. The summed E-state index contributed by atoms with van der Waals surface area (Å²) in [5, 5.41) is 3.50. The zero-order valence-corrected chi connectivity index (χ0v) is 15.7. The Morgan fingerprint density at radius 1 is 1.22 bits per heavy atom. The van der Waals surface area contributed by atoms with Gasteiger partial charge in [0.05, 0.1) is 17.4 Å². The Labute approximate surface area is 159 Å². The molecule has 2 heterocycles. The van der Waals surface area contributed by atoms with Crippen LogP contribution in [0.4, 0.5) is 0 Å². The fourth-order valence-corrected chi connectivity index (χ4v) is 4.72. The predicted octanol–water partition coefficient (Wildman–Crippen LogP) is 2.45. The summed E-state index contributed by atoms with van der Waals surface area (Å²) >= 11 is 0. The van der Waals surface area contributed by atoms with Gasteiger partial charge in [-0.1, -0.05) is 12.8 Å². The number of nitrogens with two attached hydrogens (primary N) is 2. The van der Waals surface area contributed by atoms with E-state index in [-0.39, 0.29) is 5.91 Å². The van der Waals surface area contributed by atoms with Crippen LogP contribution in [0.15, 0.2) is 29.6 Å². The van der Waals surface area contributed by atoms with Gasteiger partial charge in [0.15, 0.2) is 0 Å². The number of hydrazone groups is 1. The highest BCUT2D eigenvalue weighted by molar-refractivity contribution is 5.97. The monoisotopic (exact) mass is 368 g/mol. The second-order valence-electron chi connectivity index (χ2n) is 7.76. The van der Waals surface area contributed by atoms with Crippen LogP contribution in [-0.2, 0) is 6.54 Å². The lowest BCUT2D eigenvalue weighted by molar-refractivity contribution is 0.0391. The van der Waals surface area contributed by atoms with Gasteiger partial charge in [-0.3, -0.25) is 4.79 Å². The van der Waals surface area contributed by atoms with Gasteiger partial charge in [-0.25, -0.2) is 4.98 Å². The molecule has 4 N–H and O–H groups in total. The number of fused-ring (bicyclic) bond motifs is 2. The van der Waals surface area contributed by atoms with Crippen LogP contribution in [0.5, 0.6) is 0 Å². The number of likely N-dealkylation sites (tertiary alicyclic amines) is 1. The van der Waals surface area contributed by atoms with Gasteiger partial charge >= 0.3 is 0 Å². The molecule has 2 unspecified atom stereocenters. The van der Waals surface area contributed by atoms with E-state index in [1.165, 1.54) is 25.7 Å². The molecule has 1 aliphatic carbocycles. The topological polar surface area (TPSA) is 103 Å². The number of hydrogen-bond acceptors (Lipinski definition) is 4. The summed E-state index contributed by atoms with van der Waals surface area (Å²) < 4.78 is 2.01. The molecule has 2 fully saturated rings. The summed E-state index contributed by atoms with van der Waals surface area (Å²) in [6.07, 6.45) is 9.71. The van der Waals surface area contributed by atoms with Gasteiger partial charge < -0.3 is 21.0 Å². The van der Waals surface area contributed by atoms with Gasteiger partial charge in [0.2, 0.25) is 0 Å². The molecule has 1 aromatic carbocycles. The third-order valence-electron chi connectivity index (χ3n) is 6.15. The van der Waals surface area contributed by atoms with Crippen molar-refractivity contribution in [3.8, 4) is 0 Å². The lowest BCUT2D eigenvalue weighted by Crippen LogP contribution is -2.49. The maximum absolute atomic E-state index is 13.2. The minimum atomic E-state index is 0.155. The van der Waals surface area contributed by atoms with Gasteiger partial charge in [-0.2, -0.15) is 5.10 Å². The fourth-order valence-electron chi connectivity index (χ4n) is 4.72. The zero-order chi connectivity index (χ0) is 18.8. The number of amidine groups is 1. The molecule has 0 radical (unpaired) electrons. The average Bonchev–Trinajstić information content (AvgIpc) is 3.13. The van der Waals surface area contributed by atoms with E-state index in [4.69, 9.17) is 11.6 Å². The van der Waals surface area contributed by atoms with E-state index in [1.54, 1.807) is 6.33 Å². The Morgan fingerprint density at radius 3 is 2.89 bits per heavy atom. The number of hydrogen-bond donors (Lipinski definition) is 2. The predicted molar refractivity (Wildman–Crippen MR) is 106 cm³/mol. The number of imidazole rings is 1. The molecule has 4 rings (SSSR count). The van der Waals surface area contributed by atoms with Crippen molar-refractivity contribution in [2.24, 2.45) is 22.6 Å². The van der Waals surface area contributed by atoms with Crippen LogP contribution in [-0.4, -0.2) is 38.8 Å². The normalized spacial score (nSPS) is 23.4. The highest BCUT2D eigenvalue weighted by atomic mass is 16.2. The first-order valence-electron chi connectivity index (χ1n) is 9.95. The lowest BCUT2D eigenvalue weighted by Gasteiger charge is -2.44. The maximum atomic E-state index is 13.2. The van der Waals surface area contributed by atoms with Crippen LogP contribution in [0.2, 0.25) is 0 Å². The Bertz CT molecular complexity index is 855. The number of amides is 1. The Morgan fingerprint density at radius 2 is 2.04 bits per heavy atom. The number of benzene rings is 1. The maximum Gasteiger partial charge on any atom is 0.254 e. The molecule has 2 aliphatic rings. The van der Waals surface area contributed by atoms with Crippen molar-refractivity contribution in [1.82, 2.24) is 14.5 Å². The Kier molecular flexibility index (Phi) is 5.01. The molecule has 1 saturated heterocycles. The summed E-state index contributed by atoms with van der Waals surface area (Å²) in [7, 11) is 0. The largest absolute Gasteiger partial charge is 0.386 e. The molecule has 1 aliphatic heterocycles. The zero-order valence-electron chi connectivity index (χ0n) is 15.7. The molecular weight excluding hydrogens is 340 g/mol. The third-order valence-corrected chi connectivity index (χ3v) is 6.15. The third kappa shape index (κ3) is 3.50. The van der Waals surface area contributed by atoms with E-state index < -0.39 is 0 Å². The van der Waals surface area contributed by atoms with E-state index in [2.05, 4.69) is 15.0 Å². The SMILES string of the molecule is N/N=C(\N)CCn1cnc2cc(C(=O)N3CCCC4CCCCC43)ccc21. The van der Waals surface area contributed by atoms with Gasteiger partial charge in [0.1, 0.15) is 5.84 Å². The van der Waals surface area contributed by atoms with Crippen molar-refractivity contribution >= 4 is 22.8 Å². The van der Waals surface area contributed by atoms with Crippen molar-refractivity contribution in [3.63, 3.8) is 0 Å². The summed E-state index contributed by atoms with van der Waals surface area (Å²) in [5.74, 6) is 6.45. The van der Waals surface area contributed by atoms with Gasteiger partial charge in [-0.05, 0) is 49.8 Å². The van der Waals surface area contributed by atoms with Crippen molar-refractivity contribution in [3.05, 3.63) is 30.1 Å². The molecule has 2 aromatic rings. The second-order valence-corrected chi connectivity index (χ2v) is 7.76. The van der Waals surface area contributed by atoms with E-state index in [0.29, 0.717) is 30.8 Å². The highest BCUT2D eigenvalue weighted by Gasteiger charge is 2.36. The second kappa shape index (κ2) is 7.58. The van der Waals surface area contributed by atoms with Gasteiger partial charge in [0.25, 0.3) is 5.91 Å². The molecule has 1 aromatic heterocycles. The minimum absolute atomic E-state index is 0.155. The van der Waals surface area contributed by atoms with E-state index in [1.807, 2.05) is 22.8 Å². The van der Waals surface area contributed by atoms with Crippen molar-refractivity contribution in [1.29, 1.82) is 0 Å². The van der Waals surface area contributed by atoms with Gasteiger partial charge in [-0.15, -0.1) is 0 Å². The van der Waals surface area contributed by atoms with Crippen LogP contribution in [0, 0.1) is 5.92 Å². The molecule has 27 heavy (non-hydrogen) atoms. The number of aromatic nitrogens is 2. The molecule has 1 amide bonds. The summed E-state index contributed by atoms with van der Waals surface area (Å²) in [6.45, 7) is 1.54. The van der Waals surface area contributed by atoms with Crippen LogP contribution in [0.3, 0.4) is 0 Å². The first kappa shape index (κ1) is 17.8. The Balaban J connectivity index is 1.54. The number of nitrogens with zero attached hydrogens (tertiary/aromatic N) is 4. The molecule has 0 spiro atoms. The van der Waals surface area contributed by atoms with Crippen LogP contribution in [0.1, 0.15) is 55.3 Å². The summed E-state index contributed by atoms with van der Waals surface area (Å²) in [6, 6.07) is 6.25. The Hall–Kier alpha value is -2.57. The number of aryl methyl sites for hydroxylation is 1. The van der Waals surface area contributed by atoms with Crippen LogP contribution >= 0.6 is 0 Å². The quantitative estimate of drug-likeness (QED) is 0.374. The first-order chi connectivity index (χ1) is 13.2. The van der Waals surface area contributed by atoms with E-state index >= 15 is 0 Å².